The molecule has 116 valence electrons. The third-order valence-corrected chi connectivity index (χ3v) is 5.19. The molecule has 1 fully saturated rings. The monoisotopic (exact) mass is 384 g/mol. The zero-order chi connectivity index (χ0) is 15.9. The quantitative estimate of drug-likeness (QED) is 0.853. The van der Waals surface area contributed by atoms with Crippen molar-refractivity contribution in [1.82, 2.24) is 9.78 Å². The molecule has 0 radical (unpaired) electrons. The number of anilines is 1. The van der Waals surface area contributed by atoms with Crippen LogP contribution in [-0.2, 0) is 14.8 Å². The Morgan fingerprint density at radius 1 is 1.23 bits per heavy atom. The number of carbonyl (C=O) groups is 1. The summed E-state index contributed by atoms with van der Waals surface area (Å²) in [5.74, 6) is -0.242. The van der Waals surface area contributed by atoms with E-state index in [1.165, 1.54) is 4.90 Å². The topological polar surface area (TPSA) is 98.3 Å². The highest BCUT2D eigenvalue weighted by Crippen LogP contribution is 2.25. The molecule has 0 aliphatic carbocycles. The number of halogens is 1. The molecule has 0 spiro atoms. The SMILES string of the molecule is NS(=O)(=O)C1CC(=O)N(c2ccc(-n3cc(Br)cn3)cc2)C1. The van der Waals surface area contributed by atoms with Crippen molar-refractivity contribution in [3.8, 4) is 5.69 Å². The van der Waals surface area contributed by atoms with Crippen molar-refractivity contribution in [2.45, 2.75) is 11.7 Å². The number of rotatable bonds is 3. The summed E-state index contributed by atoms with van der Waals surface area (Å²) in [6.45, 7) is 0.0876. The molecule has 2 heterocycles. The largest absolute Gasteiger partial charge is 0.311 e. The van der Waals surface area contributed by atoms with Gasteiger partial charge in [0.2, 0.25) is 15.9 Å². The first kappa shape index (κ1) is 15.2. The van der Waals surface area contributed by atoms with Gasteiger partial charge in [-0.3, -0.25) is 4.79 Å². The Labute approximate surface area is 135 Å². The summed E-state index contributed by atoms with van der Waals surface area (Å²) in [4.78, 5) is 13.4. The van der Waals surface area contributed by atoms with Gasteiger partial charge in [-0.15, -0.1) is 0 Å². The Hall–Kier alpha value is -1.71. The lowest BCUT2D eigenvalue weighted by molar-refractivity contribution is -0.117. The number of primary sulfonamides is 1. The second kappa shape index (κ2) is 5.49. The third-order valence-electron chi connectivity index (χ3n) is 3.53. The average Bonchev–Trinajstić information content (AvgIpc) is 3.05. The summed E-state index contributed by atoms with van der Waals surface area (Å²) in [5.41, 5.74) is 1.48. The van der Waals surface area contributed by atoms with Gasteiger partial charge in [-0.25, -0.2) is 18.2 Å². The number of aromatic nitrogens is 2. The van der Waals surface area contributed by atoms with Crippen LogP contribution in [0.2, 0.25) is 0 Å². The number of hydrogen-bond acceptors (Lipinski definition) is 4. The van der Waals surface area contributed by atoms with Gasteiger partial charge in [0.05, 0.1) is 16.4 Å². The number of hydrogen-bond donors (Lipinski definition) is 1. The summed E-state index contributed by atoms with van der Waals surface area (Å²) in [6, 6.07) is 7.14. The minimum atomic E-state index is -3.71. The zero-order valence-corrected chi connectivity index (χ0v) is 13.8. The van der Waals surface area contributed by atoms with E-state index in [0.29, 0.717) is 5.69 Å². The van der Waals surface area contributed by atoms with Gasteiger partial charge >= 0.3 is 0 Å². The molecule has 0 bridgehead atoms. The number of carbonyl (C=O) groups excluding carboxylic acids is 1. The number of sulfonamides is 1. The molecule has 1 unspecified atom stereocenters. The maximum Gasteiger partial charge on any atom is 0.228 e. The first-order chi connectivity index (χ1) is 10.3. The van der Waals surface area contributed by atoms with Gasteiger partial charge in [0.25, 0.3) is 0 Å². The van der Waals surface area contributed by atoms with E-state index in [1.54, 1.807) is 23.0 Å². The van der Waals surface area contributed by atoms with Crippen LogP contribution >= 0.6 is 15.9 Å². The fourth-order valence-corrected chi connectivity index (χ4v) is 3.39. The van der Waals surface area contributed by atoms with Crippen molar-refractivity contribution in [2.75, 3.05) is 11.4 Å². The minimum absolute atomic E-state index is 0.0767. The lowest BCUT2D eigenvalue weighted by atomic mass is 10.2. The molecule has 0 saturated carbocycles. The average molecular weight is 385 g/mol. The number of amides is 1. The van der Waals surface area contributed by atoms with E-state index in [0.717, 1.165) is 10.2 Å². The van der Waals surface area contributed by atoms with Gasteiger partial charge in [-0.05, 0) is 40.2 Å². The van der Waals surface area contributed by atoms with E-state index in [-0.39, 0.29) is 18.9 Å². The molecule has 7 nitrogen and oxygen atoms in total. The maximum atomic E-state index is 12.0. The van der Waals surface area contributed by atoms with E-state index in [2.05, 4.69) is 21.0 Å². The molecule has 1 aliphatic heterocycles. The molecular weight excluding hydrogens is 372 g/mol. The Morgan fingerprint density at radius 3 is 2.36 bits per heavy atom. The van der Waals surface area contributed by atoms with Crippen LogP contribution in [0.1, 0.15) is 6.42 Å². The molecule has 1 atom stereocenters. The van der Waals surface area contributed by atoms with Crippen molar-refractivity contribution in [1.29, 1.82) is 0 Å². The van der Waals surface area contributed by atoms with Gasteiger partial charge in [0, 0.05) is 24.8 Å². The normalized spacial score (nSPS) is 18.9. The summed E-state index contributed by atoms with van der Waals surface area (Å²) in [7, 11) is -3.71. The Morgan fingerprint density at radius 2 is 1.86 bits per heavy atom. The Kier molecular flexibility index (Phi) is 3.79. The van der Waals surface area contributed by atoms with Gasteiger partial charge in [-0.1, -0.05) is 0 Å². The van der Waals surface area contributed by atoms with Crippen LogP contribution < -0.4 is 10.0 Å². The van der Waals surface area contributed by atoms with E-state index < -0.39 is 15.3 Å². The lowest BCUT2D eigenvalue weighted by Crippen LogP contribution is -2.32. The zero-order valence-electron chi connectivity index (χ0n) is 11.4. The van der Waals surface area contributed by atoms with Crippen LogP contribution in [0.3, 0.4) is 0 Å². The van der Waals surface area contributed by atoms with Gasteiger partial charge in [0.1, 0.15) is 5.25 Å². The second-order valence-corrected chi connectivity index (χ2v) is 7.80. The third kappa shape index (κ3) is 2.92. The van der Waals surface area contributed by atoms with Crippen molar-refractivity contribution in [2.24, 2.45) is 5.14 Å². The molecule has 1 amide bonds. The van der Waals surface area contributed by atoms with E-state index in [9.17, 15) is 13.2 Å². The molecule has 2 aromatic rings. The van der Waals surface area contributed by atoms with Gasteiger partial charge < -0.3 is 4.90 Å². The van der Waals surface area contributed by atoms with Crippen LogP contribution in [0.5, 0.6) is 0 Å². The van der Waals surface area contributed by atoms with Crippen molar-refractivity contribution < 1.29 is 13.2 Å². The Balaban J connectivity index is 1.83. The first-order valence-corrected chi connectivity index (χ1v) is 8.87. The van der Waals surface area contributed by atoms with Crippen LogP contribution in [0.15, 0.2) is 41.1 Å². The molecular formula is C13H13BrN4O3S. The second-order valence-electron chi connectivity index (χ2n) is 5.04. The van der Waals surface area contributed by atoms with Crippen LogP contribution in [0.4, 0.5) is 5.69 Å². The molecule has 1 aliphatic rings. The molecule has 1 aromatic heterocycles. The molecule has 9 heteroatoms. The highest BCUT2D eigenvalue weighted by atomic mass is 79.9. The standard InChI is InChI=1S/C13H13BrN4O3S/c14-9-6-16-18(7-9)11-3-1-10(2-4-11)17-8-12(5-13(17)19)22(15,20)21/h1-4,6-7,12H,5,8H2,(H2,15,20,21). The van der Waals surface area contributed by atoms with Crippen LogP contribution in [0.25, 0.3) is 5.69 Å². The van der Waals surface area contributed by atoms with E-state index in [1.807, 2.05) is 18.3 Å². The summed E-state index contributed by atoms with van der Waals surface area (Å²) in [5, 5.41) is 8.44. The maximum absolute atomic E-state index is 12.0. The Bertz CT molecular complexity index is 816. The summed E-state index contributed by atoms with van der Waals surface area (Å²) < 4.78 is 25.3. The van der Waals surface area contributed by atoms with Crippen LogP contribution in [-0.4, -0.2) is 35.9 Å². The van der Waals surface area contributed by atoms with Gasteiger partial charge in [-0.2, -0.15) is 5.10 Å². The van der Waals surface area contributed by atoms with Crippen molar-refractivity contribution >= 4 is 37.5 Å². The lowest BCUT2D eigenvalue weighted by Gasteiger charge is -2.16. The fraction of sp³-hybridized carbons (Fsp3) is 0.231. The molecule has 1 saturated heterocycles. The van der Waals surface area contributed by atoms with Crippen molar-refractivity contribution in [3.63, 3.8) is 0 Å². The minimum Gasteiger partial charge on any atom is -0.311 e. The smallest absolute Gasteiger partial charge is 0.228 e. The first-order valence-electron chi connectivity index (χ1n) is 6.47. The predicted octanol–water partition coefficient (Wildman–Crippen LogP) is 1.03. The van der Waals surface area contributed by atoms with E-state index in [4.69, 9.17) is 5.14 Å². The van der Waals surface area contributed by atoms with Crippen LogP contribution in [0, 0.1) is 0 Å². The van der Waals surface area contributed by atoms with E-state index >= 15 is 0 Å². The number of nitrogens with zero attached hydrogens (tertiary/aromatic N) is 3. The molecule has 3 rings (SSSR count). The number of nitrogens with two attached hydrogens (primary N) is 1. The molecule has 2 N–H and O–H groups in total. The highest BCUT2D eigenvalue weighted by Gasteiger charge is 2.37. The number of benzene rings is 1. The fourth-order valence-electron chi connectivity index (χ4n) is 2.37. The van der Waals surface area contributed by atoms with Gasteiger partial charge in [0.15, 0.2) is 0 Å². The summed E-state index contributed by atoms with van der Waals surface area (Å²) in [6.07, 6.45) is 3.41. The molecule has 1 aromatic carbocycles. The predicted molar refractivity (Wildman–Crippen MR) is 85.1 cm³/mol. The summed E-state index contributed by atoms with van der Waals surface area (Å²) >= 11 is 3.33. The highest BCUT2D eigenvalue weighted by molar-refractivity contribution is 9.10. The molecule has 22 heavy (non-hydrogen) atoms. The van der Waals surface area contributed by atoms with Crippen molar-refractivity contribution in [3.05, 3.63) is 41.1 Å².